The molecule has 30 heavy (non-hydrogen) atoms. The molecule has 0 radical (unpaired) electrons. The molecule has 2 aromatic carbocycles. The van der Waals surface area contributed by atoms with Crippen molar-refractivity contribution in [2.75, 3.05) is 25.0 Å². The van der Waals surface area contributed by atoms with Gasteiger partial charge in [-0.25, -0.2) is 18.0 Å². The maximum absolute atomic E-state index is 13.9. The van der Waals surface area contributed by atoms with Crippen molar-refractivity contribution >= 4 is 17.0 Å². The summed E-state index contributed by atoms with van der Waals surface area (Å²) in [7, 11) is 2.00. The monoisotopic (exact) mass is 407 g/mol. The van der Waals surface area contributed by atoms with E-state index in [0.717, 1.165) is 23.9 Å². The lowest BCUT2D eigenvalue weighted by Crippen LogP contribution is -2.26. The van der Waals surface area contributed by atoms with Crippen LogP contribution in [0.1, 0.15) is 5.56 Å². The van der Waals surface area contributed by atoms with Gasteiger partial charge in [-0.2, -0.15) is 4.68 Å². The van der Waals surface area contributed by atoms with Crippen molar-refractivity contribution in [2.24, 2.45) is 0 Å². The Balaban J connectivity index is 1.63. The molecule has 0 saturated heterocycles. The van der Waals surface area contributed by atoms with Crippen LogP contribution in [0, 0.1) is 11.6 Å². The van der Waals surface area contributed by atoms with Gasteiger partial charge in [0.2, 0.25) is 0 Å². The van der Waals surface area contributed by atoms with E-state index in [4.69, 9.17) is 0 Å². The molecule has 0 spiro atoms. The average Bonchev–Trinajstić information content (AvgIpc) is 2.98. The molecule has 0 unspecified atom stereocenters. The van der Waals surface area contributed by atoms with Gasteiger partial charge >= 0.3 is 5.69 Å². The molecule has 1 aliphatic rings. The van der Waals surface area contributed by atoms with Gasteiger partial charge in [0.1, 0.15) is 0 Å². The first kappa shape index (κ1) is 18.5. The van der Waals surface area contributed by atoms with E-state index in [1.807, 2.05) is 36.2 Å². The molecule has 8 heteroatoms. The Hall–Kier alpha value is -3.52. The summed E-state index contributed by atoms with van der Waals surface area (Å²) in [5.41, 5.74) is 3.43. The highest BCUT2D eigenvalue weighted by Crippen LogP contribution is 2.33. The summed E-state index contributed by atoms with van der Waals surface area (Å²) in [4.78, 5) is 16.9. The van der Waals surface area contributed by atoms with Crippen LogP contribution in [0.15, 0.2) is 65.6 Å². The van der Waals surface area contributed by atoms with Gasteiger partial charge < -0.3 is 9.80 Å². The Kier molecular flexibility index (Phi) is 4.36. The van der Waals surface area contributed by atoms with E-state index in [0.29, 0.717) is 30.1 Å². The highest BCUT2D eigenvalue weighted by atomic mass is 19.2. The fourth-order valence-electron chi connectivity index (χ4n) is 3.87. The van der Waals surface area contributed by atoms with Gasteiger partial charge in [0, 0.05) is 43.3 Å². The number of pyridine rings is 1. The standard InChI is InChI=1S/C22H19F2N5O/c1-26-10-11-27(16-5-7-18(23)19(24)13-16)20-8-6-17(12-15(20)14-26)29-22(30)28-9-3-2-4-21(28)25-29/h2-9,12-13H,10-11,14H2,1H3. The van der Waals surface area contributed by atoms with Gasteiger partial charge in [-0.15, -0.1) is 5.10 Å². The summed E-state index contributed by atoms with van der Waals surface area (Å²) in [6.45, 7) is 2.03. The Morgan fingerprint density at radius 1 is 0.933 bits per heavy atom. The van der Waals surface area contributed by atoms with Crippen molar-refractivity contribution in [1.29, 1.82) is 0 Å². The Morgan fingerprint density at radius 3 is 2.57 bits per heavy atom. The molecule has 0 aliphatic carbocycles. The van der Waals surface area contributed by atoms with Gasteiger partial charge in [-0.05, 0) is 55.1 Å². The quantitative estimate of drug-likeness (QED) is 0.511. The molecule has 6 nitrogen and oxygen atoms in total. The third-order valence-electron chi connectivity index (χ3n) is 5.39. The van der Waals surface area contributed by atoms with E-state index < -0.39 is 11.6 Å². The number of fused-ring (bicyclic) bond motifs is 2. The third kappa shape index (κ3) is 3.05. The number of hydrogen-bond acceptors (Lipinski definition) is 4. The molecular formula is C22H19F2N5O. The van der Waals surface area contributed by atoms with Crippen molar-refractivity contribution in [1.82, 2.24) is 19.1 Å². The third-order valence-corrected chi connectivity index (χ3v) is 5.39. The van der Waals surface area contributed by atoms with Gasteiger partial charge in [-0.1, -0.05) is 6.07 Å². The van der Waals surface area contributed by atoms with Crippen LogP contribution in [0.3, 0.4) is 0 Å². The number of nitrogens with zero attached hydrogens (tertiary/aromatic N) is 5. The Labute approximate surface area is 171 Å². The SMILES string of the molecule is CN1CCN(c2ccc(F)c(F)c2)c2ccc(-n3nc4ccccn4c3=O)cc2C1. The number of anilines is 2. The van der Waals surface area contributed by atoms with Crippen molar-refractivity contribution < 1.29 is 8.78 Å². The Morgan fingerprint density at radius 2 is 1.77 bits per heavy atom. The predicted octanol–water partition coefficient (Wildman–Crippen LogP) is 3.35. The van der Waals surface area contributed by atoms with E-state index >= 15 is 0 Å². The molecule has 4 aromatic rings. The van der Waals surface area contributed by atoms with E-state index in [1.165, 1.54) is 15.1 Å². The molecule has 0 atom stereocenters. The fraction of sp³-hybridized carbons (Fsp3) is 0.182. The molecule has 2 aromatic heterocycles. The first-order chi connectivity index (χ1) is 14.5. The van der Waals surface area contributed by atoms with Crippen LogP contribution >= 0.6 is 0 Å². The van der Waals surface area contributed by atoms with E-state index in [1.54, 1.807) is 24.4 Å². The summed E-state index contributed by atoms with van der Waals surface area (Å²) in [6.07, 6.45) is 1.68. The number of rotatable bonds is 2. The normalized spacial score (nSPS) is 14.7. The van der Waals surface area contributed by atoms with E-state index in [9.17, 15) is 13.6 Å². The molecule has 0 bridgehead atoms. The minimum atomic E-state index is -0.875. The molecular weight excluding hydrogens is 388 g/mol. The summed E-state index contributed by atoms with van der Waals surface area (Å²) in [5, 5.41) is 4.42. The van der Waals surface area contributed by atoms with Gasteiger partial charge in [0.05, 0.1) is 5.69 Å². The van der Waals surface area contributed by atoms with Crippen LogP contribution in [0.25, 0.3) is 11.3 Å². The molecule has 1 aliphatic heterocycles. The minimum Gasteiger partial charge on any atom is -0.340 e. The number of likely N-dealkylation sites (N-methyl/N-ethyl adjacent to an activating group) is 1. The average molecular weight is 407 g/mol. The zero-order valence-corrected chi connectivity index (χ0v) is 16.3. The fourth-order valence-corrected chi connectivity index (χ4v) is 3.87. The van der Waals surface area contributed by atoms with Gasteiger partial charge in [0.25, 0.3) is 0 Å². The first-order valence-corrected chi connectivity index (χ1v) is 9.62. The smallest absolute Gasteiger partial charge is 0.340 e. The van der Waals surface area contributed by atoms with E-state index in [-0.39, 0.29) is 5.69 Å². The number of hydrogen-bond donors (Lipinski definition) is 0. The number of benzene rings is 2. The van der Waals surface area contributed by atoms with Crippen LogP contribution in [0.4, 0.5) is 20.2 Å². The second-order valence-electron chi connectivity index (χ2n) is 7.42. The topological polar surface area (TPSA) is 45.8 Å². The molecule has 5 rings (SSSR count). The highest BCUT2D eigenvalue weighted by Gasteiger charge is 2.21. The zero-order valence-electron chi connectivity index (χ0n) is 16.3. The van der Waals surface area contributed by atoms with Crippen LogP contribution in [-0.4, -0.2) is 39.2 Å². The zero-order chi connectivity index (χ0) is 20.8. The first-order valence-electron chi connectivity index (χ1n) is 9.62. The van der Waals surface area contributed by atoms with Crippen molar-refractivity contribution in [3.05, 3.63) is 88.5 Å². The van der Waals surface area contributed by atoms with Crippen LogP contribution < -0.4 is 10.6 Å². The number of halogens is 2. The largest absolute Gasteiger partial charge is 0.355 e. The molecule has 3 heterocycles. The Bertz CT molecular complexity index is 1310. The van der Waals surface area contributed by atoms with Gasteiger partial charge in [0.15, 0.2) is 17.3 Å². The van der Waals surface area contributed by atoms with Crippen LogP contribution in [0.2, 0.25) is 0 Å². The maximum Gasteiger partial charge on any atom is 0.355 e. The summed E-state index contributed by atoms with van der Waals surface area (Å²) in [6, 6.07) is 15.0. The lowest BCUT2D eigenvalue weighted by Gasteiger charge is -2.25. The van der Waals surface area contributed by atoms with Crippen molar-refractivity contribution in [3.8, 4) is 5.69 Å². The second-order valence-corrected chi connectivity index (χ2v) is 7.42. The molecule has 0 saturated carbocycles. The minimum absolute atomic E-state index is 0.245. The van der Waals surface area contributed by atoms with Crippen LogP contribution in [0.5, 0.6) is 0 Å². The maximum atomic E-state index is 13.9. The molecule has 152 valence electrons. The lowest BCUT2D eigenvalue weighted by atomic mass is 10.1. The molecule has 0 fully saturated rings. The summed E-state index contributed by atoms with van der Waals surface area (Å²) < 4.78 is 30.2. The lowest BCUT2D eigenvalue weighted by molar-refractivity contribution is 0.343. The van der Waals surface area contributed by atoms with Crippen LogP contribution in [-0.2, 0) is 6.54 Å². The highest BCUT2D eigenvalue weighted by molar-refractivity contribution is 5.68. The van der Waals surface area contributed by atoms with E-state index in [2.05, 4.69) is 10.00 Å². The summed E-state index contributed by atoms with van der Waals surface area (Å²) in [5.74, 6) is -1.74. The summed E-state index contributed by atoms with van der Waals surface area (Å²) >= 11 is 0. The van der Waals surface area contributed by atoms with Crippen molar-refractivity contribution in [2.45, 2.75) is 6.54 Å². The number of aromatic nitrogens is 3. The molecule has 0 amide bonds. The predicted molar refractivity (Wildman–Crippen MR) is 110 cm³/mol. The van der Waals surface area contributed by atoms with Crippen molar-refractivity contribution in [3.63, 3.8) is 0 Å². The second kappa shape index (κ2) is 7.07. The van der Waals surface area contributed by atoms with Gasteiger partial charge in [-0.3, -0.25) is 0 Å². The molecule has 0 N–H and O–H groups in total.